The van der Waals surface area contributed by atoms with Gasteiger partial charge in [0.15, 0.2) is 0 Å². The van der Waals surface area contributed by atoms with Crippen molar-refractivity contribution in [1.82, 2.24) is 9.97 Å². The molecule has 2 rings (SSSR count). The first-order valence-electron chi connectivity index (χ1n) is 7.30. The van der Waals surface area contributed by atoms with Crippen molar-refractivity contribution in [1.29, 1.82) is 0 Å². The summed E-state index contributed by atoms with van der Waals surface area (Å²) < 4.78 is 5.61. The predicted octanol–water partition coefficient (Wildman–Crippen LogP) is 3.90. The number of rotatable bonds is 5. The molecule has 1 N–H and O–H groups in total. The minimum Gasteiger partial charge on any atom is -0.496 e. The first-order chi connectivity index (χ1) is 10.1. The highest BCUT2D eigenvalue weighted by atomic mass is 16.5. The average Bonchev–Trinajstić information content (AvgIpc) is 2.49. The molecule has 0 saturated carbocycles. The van der Waals surface area contributed by atoms with E-state index in [1.54, 1.807) is 13.4 Å². The zero-order valence-corrected chi connectivity index (χ0v) is 13.4. The van der Waals surface area contributed by atoms with Crippen molar-refractivity contribution in [3.8, 4) is 17.0 Å². The summed E-state index contributed by atoms with van der Waals surface area (Å²) >= 11 is 0. The molecule has 2 aromatic rings. The molecule has 0 aliphatic carbocycles. The fourth-order valence-electron chi connectivity index (χ4n) is 2.38. The van der Waals surface area contributed by atoms with Crippen molar-refractivity contribution in [2.45, 2.75) is 34.1 Å². The molecule has 21 heavy (non-hydrogen) atoms. The molecule has 0 aliphatic heterocycles. The van der Waals surface area contributed by atoms with E-state index in [2.05, 4.69) is 48.2 Å². The first-order valence-corrected chi connectivity index (χ1v) is 7.30. The van der Waals surface area contributed by atoms with Crippen LogP contribution < -0.4 is 10.1 Å². The number of hydrogen-bond donors (Lipinski definition) is 1. The number of aryl methyl sites for hydroxylation is 1. The Morgan fingerprint density at radius 1 is 1.10 bits per heavy atom. The summed E-state index contributed by atoms with van der Waals surface area (Å²) in [7, 11) is 1.71. The summed E-state index contributed by atoms with van der Waals surface area (Å²) in [5.74, 6) is 1.78. The number of nitrogens with one attached hydrogen (secondary N) is 1. The fraction of sp³-hybridized carbons (Fsp3) is 0.412. The lowest BCUT2D eigenvalue weighted by atomic mass is 10.00. The molecular formula is C17H23N3O. The molecule has 4 nitrogen and oxygen atoms in total. The highest BCUT2D eigenvalue weighted by Crippen LogP contribution is 2.36. The summed E-state index contributed by atoms with van der Waals surface area (Å²) in [6.45, 7) is 9.24. The van der Waals surface area contributed by atoms with Crippen molar-refractivity contribution >= 4 is 5.82 Å². The highest BCUT2D eigenvalue weighted by Gasteiger charge is 2.15. The van der Waals surface area contributed by atoms with Gasteiger partial charge in [-0.2, -0.15) is 0 Å². The van der Waals surface area contributed by atoms with Gasteiger partial charge in [0.05, 0.1) is 12.8 Å². The molecule has 0 fully saturated rings. The minimum absolute atomic E-state index is 0.887. The van der Waals surface area contributed by atoms with Crippen LogP contribution >= 0.6 is 0 Å². The molecule has 112 valence electrons. The Morgan fingerprint density at radius 2 is 1.86 bits per heavy atom. The Labute approximate surface area is 126 Å². The number of anilines is 1. The third kappa shape index (κ3) is 2.99. The van der Waals surface area contributed by atoms with Gasteiger partial charge in [-0.25, -0.2) is 9.97 Å². The van der Waals surface area contributed by atoms with Crippen molar-refractivity contribution in [2.75, 3.05) is 19.0 Å². The van der Waals surface area contributed by atoms with Crippen LogP contribution in [0, 0.1) is 20.8 Å². The molecular weight excluding hydrogens is 262 g/mol. The van der Waals surface area contributed by atoms with Gasteiger partial charge in [-0.15, -0.1) is 0 Å². The zero-order chi connectivity index (χ0) is 15.4. The van der Waals surface area contributed by atoms with E-state index in [0.717, 1.165) is 46.9 Å². The van der Waals surface area contributed by atoms with Crippen LogP contribution in [0.15, 0.2) is 18.5 Å². The maximum Gasteiger partial charge on any atom is 0.132 e. The maximum absolute atomic E-state index is 5.61. The fourth-order valence-corrected chi connectivity index (χ4v) is 2.38. The van der Waals surface area contributed by atoms with Crippen LogP contribution in [0.3, 0.4) is 0 Å². The molecule has 1 aromatic heterocycles. The van der Waals surface area contributed by atoms with Crippen LogP contribution in [0.2, 0.25) is 0 Å². The van der Waals surface area contributed by atoms with Crippen LogP contribution in [-0.4, -0.2) is 23.6 Å². The van der Waals surface area contributed by atoms with Crippen LogP contribution in [-0.2, 0) is 0 Å². The van der Waals surface area contributed by atoms with Crippen LogP contribution in [0.25, 0.3) is 11.3 Å². The van der Waals surface area contributed by atoms with E-state index in [1.165, 1.54) is 5.56 Å². The summed E-state index contributed by atoms with van der Waals surface area (Å²) in [4.78, 5) is 8.80. The van der Waals surface area contributed by atoms with E-state index < -0.39 is 0 Å². The Kier molecular flexibility index (Phi) is 4.78. The monoisotopic (exact) mass is 285 g/mol. The molecule has 0 aliphatic rings. The minimum atomic E-state index is 0.887. The van der Waals surface area contributed by atoms with Crippen LogP contribution in [0.4, 0.5) is 5.82 Å². The third-order valence-electron chi connectivity index (χ3n) is 3.76. The number of methoxy groups -OCH3 is 1. The normalized spacial score (nSPS) is 10.5. The lowest BCUT2D eigenvalue weighted by Gasteiger charge is -2.16. The lowest BCUT2D eigenvalue weighted by molar-refractivity contribution is 0.413. The van der Waals surface area contributed by atoms with Crippen molar-refractivity contribution in [3.63, 3.8) is 0 Å². The number of hydrogen-bond acceptors (Lipinski definition) is 4. The van der Waals surface area contributed by atoms with Gasteiger partial charge in [-0.3, -0.25) is 0 Å². The molecule has 0 bridgehead atoms. The van der Waals surface area contributed by atoms with E-state index in [9.17, 15) is 0 Å². The summed E-state index contributed by atoms with van der Waals surface area (Å²) in [6.07, 6.45) is 2.67. The van der Waals surface area contributed by atoms with Crippen molar-refractivity contribution < 1.29 is 4.74 Å². The third-order valence-corrected chi connectivity index (χ3v) is 3.76. The average molecular weight is 285 g/mol. The van der Waals surface area contributed by atoms with E-state index >= 15 is 0 Å². The van der Waals surface area contributed by atoms with Crippen molar-refractivity contribution in [2.24, 2.45) is 0 Å². The Hall–Kier alpha value is -2.10. The van der Waals surface area contributed by atoms with Gasteiger partial charge < -0.3 is 10.1 Å². The standard InChI is InChI=1S/C17H23N3O/c1-6-9-18-17-13(4)15(19-10-20-17)14-8-7-11(2)12(3)16(14)21-5/h7-8,10H,6,9H2,1-5H3,(H,18,19,20). The van der Waals surface area contributed by atoms with Crippen LogP contribution in [0.1, 0.15) is 30.0 Å². The van der Waals surface area contributed by atoms with Gasteiger partial charge in [0.1, 0.15) is 17.9 Å². The van der Waals surface area contributed by atoms with Gasteiger partial charge in [0, 0.05) is 17.7 Å². The Morgan fingerprint density at radius 3 is 2.52 bits per heavy atom. The molecule has 1 heterocycles. The molecule has 4 heteroatoms. The molecule has 0 radical (unpaired) electrons. The maximum atomic E-state index is 5.61. The van der Waals surface area contributed by atoms with Gasteiger partial charge in [-0.05, 0) is 44.4 Å². The van der Waals surface area contributed by atoms with Gasteiger partial charge in [-0.1, -0.05) is 13.0 Å². The van der Waals surface area contributed by atoms with Gasteiger partial charge in [0.2, 0.25) is 0 Å². The predicted molar refractivity (Wildman–Crippen MR) is 87.0 cm³/mol. The summed E-state index contributed by atoms with van der Waals surface area (Å²) in [5, 5.41) is 3.34. The van der Waals surface area contributed by atoms with Gasteiger partial charge >= 0.3 is 0 Å². The molecule has 1 aromatic carbocycles. The van der Waals surface area contributed by atoms with E-state index in [-0.39, 0.29) is 0 Å². The number of aromatic nitrogens is 2. The summed E-state index contributed by atoms with van der Waals surface area (Å²) in [6, 6.07) is 4.17. The molecule has 0 saturated heterocycles. The molecule has 0 spiro atoms. The van der Waals surface area contributed by atoms with E-state index in [4.69, 9.17) is 4.74 Å². The lowest BCUT2D eigenvalue weighted by Crippen LogP contribution is -2.06. The Balaban J connectivity index is 2.55. The van der Waals surface area contributed by atoms with Crippen LogP contribution in [0.5, 0.6) is 5.75 Å². The SMILES string of the molecule is CCCNc1ncnc(-c2ccc(C)c(C)c2OC)c1C. The largest absolute Gasteiger partial charge is 0.496 e. The second kappa shape index (κ2) is 6.57. The topological polar surface area (TPSA) is 47.0 Å². The Bertz CT molecular complexity index is 638. The van der Waals surface area contributed by atoms with E-state index in [1.807, 2.05) is 6.92 Å². The highest BCUT2D eigenvalue weighted by molar-refractivity contribution is 5.75. The van der Waals surface area contributed by atoms with E-state index in [0.29, 0.717) is 0 Å². The molecule has 0 amide bonds. The number of ether oxygens (including phenoxy) is 1. The van der Waals surface area contributed by atoms with Gasteiger partial charge in [0.25, 0.3) is 0 Å². The second-order valence-corrected chi connectivity index (χ2v) is 5.21. The first kappa shape index (κ1) is 15.3. The summed E-state index contributed by atoms with van der Waals surface area (Å²) in [5.41, 5.74) is 5.35. The number of nitrogens with zero attached hydrogens (tertiary/aromatic N) is 2. The molecule has 0 unspecified atom stereocenters. The number of benzene rings is 1. The molecule has 0 atom stereocenters. The zero-order valence-electron chi connectivity index (χ0n) is 13.4. The van der Waals surface area contributed by atoms with Crippen molar-refractivity contribution in [3.05, 3.63) is 35.2 Å². The second-order valence-electron chi connectivity index (χ2n) is 5.21. The smallest absolute Gasteiger partial charge is 0.132 e. The quantitative estimate of drug-likeness (QED) is 0.905.